The van der Waals surface area contributed by atoms with E-state index >= 15 is 0 Å². The van der Waals surface area contributed by atoms with E-state index in [1.165, 1.54) is 0 Å². The van der Waals surface area contributed by atoms with E-state index in [0.717, 1.165) is 39.3 Å². The fourth-order valence-electron chi connectivity index (χ4n) is 2.72. The summed E-state index contributed by atoms with van der Waals surface area (Å²) in [5.41, 5.74) is 6.11. The van der Waals surface area contributed by atoms with E-state index in [1.54, 1.807) is 0 Å². The van der Waals surface area contributed by atoms with Gasteiger partial charge in [0.05, 0.1) is 25.4 Å². The lowest BCUT2D eigenvalue weighted by Gasteiger charge is -2.39. The molecule has 2 aliphatic heterocycles. The summed E-state index contributed by atoms with van der Waals surface area (Å²) < 4.78 is 11.1. The van der Waals surface area contributed by atoms with Crippen LogP contribution in [0.2, 0.25) is 0 Å². The maximum atomic E-state index is 9.18. The van der Waals surface area contributed by atoms with Gasteiger partial charge < -0.3 is 20.3 Å². The summed E-state index contributed by atoms with van der Waals surface area (Å²) in [5.74, 6) is 0.411. The van der Waals surface area contributed by atoms with Crippen molar-refractivity contribution in [2.24, 2.45) is 11.7 Å². The van der Waals surface area contributed by atoms with Crippen LogP contribution in [0.1, 0.15) is 13.3 Å². The molecule has 4 unspecified atom stereocenters. The molecular weight excluding hydrogens is 220 g/mol. The van der Waals surface area contributed by atoms with Gasteiger partial charge in [0.15, 0.2) is 0 Å². The number of aliphatic hydroxyl groups is 1. The van der Waals surface area contributed by atoms with E-state index in [2.05, 4.69) is 4.90 Å². The minimum Gasteiger partial charge on any atom is -0.394 e. The highest BCUT2D eigenvalue weighted by Crippen LogP contribution is 2.18. The summed E-state index contributed by atoms with van der Waals surface area (Å²) >= 11 is 0. The molecule has 2 heterocycles. The number of rotatable bonds is 3. The Morgan fingerprint density at radius 1 is 1.41 bits per heavy atom. The van der Waals surface area contributed by atoms with Crippen LogP contribution < -0.4 is 5.73 Å². The number of nitrogens with zero attached hydrogens (tertiary/aromatic N) is 1. The van der Waals surface area contributed by atoms with Gasteiger partial charge in [0.25, 0.3) is 0 Å². The second-order valence-corrected chi connectivity index (χ2v) is 5.26. The molecule has 0 amide bonds. The Morgan fingerprint density at radius 2 is 2.24 bits per heavy atom. The molecule has 0 aliphatic carbocycles. The first-order valence-corrected chi connectivity index (χ1v) is 6.51. The average Bonchev–Trinajstić information content (AvgIpc) is 2.31. The Hall–Kier alpha value is -0.200. The molecule has 0 saturated carbocycles. The van der Waals surface area contributed by atoms with Crippen molar-refractivity contribution in [1.82, 2.24) is 4.90 Å². The first-order chi connectivity index (χ1) is 8.19. The molecule has 0 aromatic carbocycles. The Bertz CT molecular complexity index is 240. The Morgan fingerprint density at radius 3 is 2.94 bits per heavy atom. The molecule has 2 rings (SSSR count). The van der Waals surface area contributed by atoms with E-state index in [4.69, 9.17) is 15.2 Å². The Balaban J connectivity index is 1.84. The third-order valence-corrected chi connectivity index (χ3v) is 3.63. The van der Waals surface area contributed by atoms with E-state index in [9.17, 15) is 5.11 Å². The minimum absolute atomic E-state index is 0.0560. The molecule has 3 N–H and O–H groups in total. The normalized spacial score (nSPS) is 40.4. The zero-order valence-electron chi connectivity index (χ0n) is 10.5. The van der Waals surface area contributed by atoms with E-state index in [0.29, 0.717) is 5.92 Å². The average molecular weight is 244 g/mol. The van der Waals surface area contributed by atoms with Crippen LogP contribution in [0.4, 0.5) is 0 Å². The first-order valence-electron chi connectivity index (χ1n) is 6.51. The standard InChI is InChI=1S/C12H24N2O3/c1-9-4-14(6-11(7-15)17-9)5-10-8-16-3-2-12(10)13/h9-12,15H,2-8,13H2,1H3. The quantitative estimate of drug-likeness (QED) is 0.696. The van der Waals surface area contributed by atoms with Crippen molar-refractivity contribution in [3.05, 3.63) is 0 Å². The second kappa shape index (κ2) is 6.11. The molecule has 100 valence electrons. The van der Waals surface area contributed by atoms with E-state index in [-0.39, 0.29) is 24.9 Å². The van der Waals surface area contributed by atoms with Crippen LogP contribution in [0.25, 0.3) is 0 Å². The van der Waals surface area contributed by atoms with E-state index < -0.39 is 0 Å². The lowest BCUT2D eigenvalue weighted by molar-refractivity contribution is -0.102. The SMILES string of the molecule is CC1CN(CC2COCCC2N)CC(CO)O1. The van der Waals surface area contributed by atoms with Crippen LogP contribution in [0.15, 0.2) is 0 Å². The predicted octanol–water partition coefficient (Wildman–Crippen LogP) is -0.568. The van der Waals surface area contributed by atoms with E-state index in [1.807, 2.05) is 6.92 Å². The van der Waals surface area contributed by atoms with Gasteiger partial charge in [0.1, 0.15) is 0 Å². The Labute approximate surface area is 103 Å². The largest absolute Gasteiger partial charge is 0.394 e. The number of hydrogen-bond acceptors (Lipinski definition) is 5. The maximum Gasteiger partial charge on any atom is 0.0936 e. The van der Waals surface area contributed by atoms with Crippen LogP contribution in [0, 0.1) is 5.92 Å². The predicted molar refractivity (Wildman–Crippen MR) is 64.8 cm³/mol. The molecule has 5 nitrogen and oxygen atoms in total. The monoisotopic (exact) mass is 244 g/mol. The number of nitrogens with two attached hydrogens (primary N) is 1. The fourth-order valence-corrected chi connectivity index (χ4v) is 2.72. The molecule has 2 fully saturated rings. The summed E-state index contributed by atoms with van der Waals surface area (Å²) in [4.78, 5) is 2.34. The lowest BCUT2D eigenvalue weighted by Crippen LogP contribution is -2.52. The van der Waals surface area contributed by atoms with Crippen molar-refractivity contribution in [3.63, 3.8) is 0 Å². The summed E-state index contributed by atoms with van der Waals surface area (Å²) in [6.07, 6.45) is 1.08. The zero-order chi connectivity index (χ0) is 12.3. The van der Waals surface area contributed by atoms with Gasteiger partial charge in [-0.1, -0.05) is 0 Å². The van der Waals surface area contributed by atoms with Crippen molar-refractivity contribution >= 4 is 0 Å². The molecule has 2 aliphatic rings. The van der Waals surface area contributed by atoms with Gasteiger partial charge in [-0.3, -0.25) is 4.90 Å². The van der Waals surface area contributed by atoms with Gasteiger partial charge in [-0.2, -0.15) is 0 Å². The molecule has 0 spiro atoms. The number of aliphatic hydroxyl groups excluding tert-OH is 1. The smallest absolute Gasteiger partial charge is 0.0936 e. The molecule has 0 bridgehead atoms. The minimum atomic E-state index is -0.0560. The molecule has 0 aromatic rings. The van der Waals surface area contributed by atoms with Crippen LogP contribution in [0.3, 0.4) is 0 Å². The number of ether oxygens (including phenoxy) is 2. The number of hydrogen-bond donors (Lipinski definition) is 2. The van der Waals surface area contributed by atoms with Gasteiger partial charge >= 0.3 is 0 Å². The molecule has 0 radical (unpaired) electrons. The van der Waals surface area contributed by atoms with Crippen molar-refractivity contribution in [2.45, 2.75) is 31.6 Å². The lowest BCUT2D eigenvalue weighted by atomic mass is 9.95. The Kier molecular flexibility index (Phi) is 4.76. The second-order valence-electron chi connectivity index (χ2n) is 5.26. The summed E-state index contributed by atoms with van der Waals surface area (Å²) in [6, 6.07) is 0.245. The topological polar surface area (TPSA) is 68.0 Å². The van der Waals surface area contributed by atoms with Crippen LogP contribution in [-0.4, -0.2) is 67.7 Å². The molecule has 5 heteroatoms. The highest BCUT2D eigenvalue weighted by atomic mass is 16.5. The van der Waals surface area contributed by atoms with Crippen molar-refractivity contribution < 1.29 is 14.6 Å². The van der Waals surface area contributed by atoms with Crippen LogP contribution >= 0.6 is 0 Å². The van der Waals surface area contributed by atoms with Gasteiger partial charge in [-0.25, -0.2) is 0 Å². The van der Waals surface area contributed by atoms with Crippen LogP contribution in [0.5, 0.6) is 0 Å². The molecule has 0 aromatic heterocycles. The number of morpholine rings is 1. The fraction of sp³-hybridized carbons (Fsp3) is 1.00. The van der Waals surface area contributed by atoms with Crippen LogP contribution in [-0.2, 0) is 9.47 Å². The molecule has 17 heavy (non-hydrogen) atoms. The summed E-state index contributed by atoms with van der Waals surface area (Å²) in [7, 11) is 0. The summed E-state index contributed by atoms with van der Waals surface area (Å²) in [6.45, 7) is 6.35. The van der Waals surface area contributed by atoms with Gasteiger partial charge in [-0.05, 0) is 13.3 Å². The molecule has 2 saturated heterocycles. The molecule has 4 atom stereocenters. The van der Waals surface area contributed by atoms with Crippen molar-refractivity contribution in [3.8, 4) is 0 Å². The molecular formula is C12H24N2O3. The third-order valence-electron chi connectivity index (χ3n) is 3.63. The third kappa shape index (κ3) is 3.63. The van der Waals surface area contributed by atoms with Crippen molar-refractivity contribution in [2.75, 3.05) is 39.5 Å². The van der Waals surface area contributed by atoms with Gasteiger partial charge in [0.2, 0.25) is 0 Å². The highest BCUT2D eigenvalue weighted by molar-refractivity contribution is 4.83. The zero-order valence-corrected chi connectivity index (χ0v) is 10.5. The summed E-state index contributed by atoms with van der Waals surface area (Å²) in [5, 5.41) is 9.18. The highest BCUT2D eigenvalue weighted by Gasteiger charge is 2.29. The van der Waals surface area contributed by atoms with Gasteiger partial charge in [0, 0.05) is 38.2 Å². The maximum absolute atomic E-state index is 9.18. The van der Waals surface area contributed by atoms with Gasteiger partial charge in [-0.15, -0.1) is 0 Å². The first kappa shape index (κ1) is 13.2. The van der Waals surface area contributed by atoms with Crippen molar-refractivity contribution in [1.29, 1.82) is 0 Å².